The van der Waals surface area contributed by atoms with Crippen molar-refractivity contribution in [1.29, 1.82) is 0 Å². The van der Waals surface area contributed by atoms with Crippen LogP contribution < -0.4 is 10.1 Å². The molecule has 2 amide bonds. The molecule has 21 heavy (non-hydrogen) atoms. The van der Waals surface area contributed by atoms with Crippen LogP contribution in [-0.2, 0) is 9.59 Å². The van der Waals surface area contributed by atoms with Crippen LogP contribution in [0.5, 0.6) is 5.75 Å². The van der Waals surface area contributed by atoms with Gasteiger partial charge in [-0.1, -0.05) is 19.1 Å². The molecule has 0 saturated carbocycles. The number of rotatable bonds is 5. The Morgan fingerprint density at radius 3 is 2.52 bits per heavy atom. The summed E-state index contributed by atoms with van der Waals surface area (Å²) in [5, 5.41) is 10.7. The zero-order valence-corrected chi connectivity index (χ0v) is 12.0. The van der Waals surface area contributed by atoms with Gasteiger partial charge >= 0.3 is 5.97 Å². The third-order valence-electron chi connectivity index (χ3n) is 2.74. The van der Waals surface area contributed by atoms with E-state index in [-0.39, 0.29) is 0 Å². The highest BCUT2D eigenvalue weighted by Crippen LogP contribution is 2.26. The number of nitrogens with one attached hydrogen (secondary N) is 1. The van der Waals surface area contributed by atoms with Gasteiger partial charge in [0.05, 0.1) is 4.91 Å². The Balaban J connectivity index is 2.09. The first kappa shape index (κ1) is 15.1. The lowest BCUT2D eigenvalue weighted by molar-refractivity contribution is -0.145. The molecule has 1 aromatic carbocycles. The predicted molar refractivity (Wildman–Crippen MR) is 77.9 cm³/mol. The van der Waals surface area contributed by atoms with Gasteiger partial charge in [0.25, 0.3) is 11.1 Å². The number of carbonyl (C=O) groups excluding carboxylic acids is 2. The van der Waals surface area contributed by atoms with Gasteiger partial charge in [0.2, 0.25) is 0 Å². The van der Waals surface area contributed by atoms with Crippen LogP contribution in [0.4, 0.5) is 4.79 Å². The highest BCUT2D eigenvalue weighted by atomic mass is 32.2. The predicted octanol–water partition coefficient (Wildman–Crippen LogP) is 2.25. The Kier molecular flexibility index (Phi) is 4.64. The molecule has 0 spiro atoms. The lowest BCUT2D eigenvalue weighted by Crippen LogP contribution is -2.25. The smallest absolute Gasteiger partial charge is 0.344 e. The van der Waals surface area contributed by atoms with Crippen LogP contribution in [0, 0.1) is 0 Å². The maximum atomic E-state index is 11.4. The first-order chi connectivity index (χ1) is 9.99. The molecule has 6 nitrogen and oxygen atoms in total. The van der Waals surface area contributed by atoms with Crippen LogP contribution in [-0.4, -0.2) is 28.3 Å². The van der Waals surface area contributed by atoms with Gasteiger partial charge in [-0.2, -0.15) is 0 Å². The van der Waals surface area contributed by atoms with Gasteiger partial charge < -0.3 is 9.84 Å². The Bertz CT molecular complexity index is 608. The molecule has 1 fully saturated rings. The maximum absolute atomic E-state index is 11.4. The number of hydrogen-bond acceptors (Lipinski definition) is 5. The normalized spacial score (nSPS) is 17.7. The number of imide groups is 1. The van der Waals surface area contributed by atoms with E-state index in [0.717, 1.165) is 17.3 Å². The van der Waals surface area contributed by atoms with Crippen LogP contribution in [0.15, 0.2) is 29.2 Å². The number of aliphatic carboxylic acids is 1. The number of carboxylic acids is 1. The summed E-state index contributed by atoms with van der Waals surface area (Å²) >= 11 is 0.843. The van der Waals surface area contributed by atoms with Crippen LogP contribution in [0.25, 0.3) is 6.08 Å². The number of hydrogen-bond donors (Lipinski definition) is 2. The topological polar surface area (TPSA) is 92.7 Å². The highest BCUT2D eigenvalue weighted by molar-refractivity contribution is 8.18. The number of thioether (sulfide) groups is 1. The molecular weight excluding hydrogens is 294 g/mol. The first-order valence-electron chi connectivity index (χ1n) is 6.24. The SMILES string of the molecule is CCC(Oc1ccc(/C=C2/SC(=O)NC2=O)cc1)C(=O)O. The fourth-order valence-electron chi connectivity index (χ4n) is 1.69. The van der Waals surface area contributed by atoms with Crippen molar-refractivity contribution in [1.82, 2.24) is 5.32 Å². The highest BCUT2D eigenvalue weighted by Gasteiger charge is 2.24. The van der Waals surface area contributed by atoms with Gasteiger partial charge in [-0.3, -0.25) is 14.9 Å². The molecular formula is C14H13NO5S. The molecule has 7 heteroatoms. The molecule has 1 heterocycles. The van der Waals surface area contributed by atoms with Crippen LogP contribution in [0.2, 0.25) is 0 Å². The molecule has 1 saturated heterocycles. The molecule has 2 N–H and O–H groups in total. The van der Waals surface area contributed by atoms with E-state index >= 15 is 0 Å². The molecule has 0 aliphatic carbocycles. The molecule has 2 rings (SSSR count). The molecule has 110 valence electrons. The minimum atomic E-state index is -1.01. The van der Waals surface area contributed by atoms with Crippen molar-refractivity contribution < 1.29 is 24.2 Å². The lowest BCUT2D eigenvalue weighted by atomic mass is 10.2. The van der Waals surface area contributed by atoms with Crippen LogP contribution in [0.1, 0.15) is 18.9 Å². The van der Waals surface area contributed by atoms with Crippen molar-refractivity contribution in [2.45, 2.75) is 19.4 Å². The summed E-state index contributed by atoms with van der Waals surface area (Å²) in [5.74, 6) is -0.991. The van der Waals surface area contributed by atoms with Gasteiger partial charge in [-0.25, -0.2) is 4.79 Å². The minimum absolute atomic E-state index is 0.325. The molecule has 1 atom stereocenters. The summed E-state index contributed by atoms with van der Waals surface area (Å²) in [6, 6.07) is 6.62. The number of ether oxygens (including phenoxy) is 1. The van der Waals surface area contributed by atoms with Crippen molar-refractivity contribution in [3.63, 3.8) is 0 Å². The largest absolute Gasteiger partial charge is 0.479 e. The number of benzene rings is 1. The van der Waals surface area contributed by atoms with E-state index in [9.17, 15) is 14.4 Å². The van der Waals surface area contributed by atoms with Gasteiger partial charge in [0.15, 0.2) is 6.10 Å². The fourth-order valence-corrected chi connectivity index (χ4v) is 2.37. The number of carbonyl (C=O) groups is 3. The van der Waals surface area contributed by atoms with Crippen molar-refractivity contribution >= 4 is 35.0 Å². The first-order valence-corrected chi connectivity index (χ1v) is 7.05. The van der Waals surface area contributed by atoms with Crippen molar-refractivity contribution in [2.75, 3.05) is 0 Å². The average Bonchev–Trinajstić information content (AvgIpc) is 2.75. The van der Waals surface area contributed by atoms with E-state index in [0.29, 0.717) is 17.1 Å². The standard InChI is InChI=1S/C14H13NO5S/c1-2-10(13(17)18)20-9-5-3-8(4-6-9)7-11-12(16)15-14(19)21-11/h3-7,10H,2H2,1H3,(H,17,18)(H,15,16,19)/b11-7+. The summed E-state index contributed by atoms with van der Waals surface area (Å²) in [4.78, 5) is 33.7. The van der Waals surface area contributed by atoms with Crippen molar-refractivity contribution in [2.24, 2.45) is 0 Å². The zero-order chi connectivity index (χ0) is 15.4. The van der Waals surface area contributed by atoms with Gasteiger partial charge in [-0.15, -0.1) is 0 Å². The molecule has 0 bridgehead atoms. The maximum Gasteiger partial charge on any atom is 0.344 e. The lowest BCUT2D eigenvalue weighted by Gasteiger charge is -2.12. The second-order valence-corrected chi connectivity index (χ2v) is 5.29. The number of carboxylic acid groups (broad SMARTS) is 1. The quantitative estimate of drug-likeness (QED) is 0.811. The summed E-state index contributed by atoms with van der Waals surface area (Å²) < 4.78 is 5.33. The molecule has 1 aliphatic heterocycles. The third-order valence-corrected chi connectivity index (χ3v) is 3.56. The molecule has 1 unspecified atom stereocenters. The average molecular weight is 307 g/mol. The zero-order valence-electron chi connectivity index (χ0n) is 11.2. The molecule has 1 aromatic rings. The van der Waals surface area contributed by atoms with Crippen molar-refractivity contribution in [3.05, 3.63) is 34.7 Å². The van der Waals surface area contributed by atoms with Gasteiger partial charge in [0.1, 0.15) is 5.75 Å². The summed E-state index contributed by atoms with van der Waals surface area (Å²) in [6.45, 7) is 1.73. The van der Waals surface area contributed by atoms with Crippen LogP contribution >= 0.6 is 11.8 Å². The van der Waals surface area contributed by atoms with Gasteiger partial charge in [-0.05, 0) is 42.0 Å². The Labute approximate surface area is 125 Å². The van der Waals surface area contributed by atoms with E-state index < -0.39 is 23.2 Å². The van der Waals surface area contributed by atoms with E-state index in [4.69, 9.17) is 9.84 Å². The Hall–Kier alpha value is -2.28. The van der Waals surface area contributed by atoms with E-state index in [1.54, 1.807) is 37.3 Å². The van der Waals surface area contributed by atoms with Gasteiger partial charge in [0, 0.05) is 0 Å². The summed E-state index contributed by atoms with van der Waals surface area (Å²) in [5.41, 5.74) is 0.720. The van der Waals surface area contributed by atoms with E-state index in [2.05, 4.69) is 5.32 Å². The Morgan fingerprint density at radius 1 is 1.38 bits per heavy atom. The third kappa shape index (κ3) is 3.85. The molecule has 1 aliphatic rings. The Morgan fingerprint density at radius 2 is 2.05 bits per heavy atom. The monoisotopic (exact) mass is 307 g/mol. The molecule has 0 aromatic heterocycles. The number of amides is 2. The fraction of sp³-hybridized carbons (Fsp3) is 0.214. The van der Waals surface area contributed by atoms with Crippen LogP contribution in [0.3, 0.4) is 0 Å². The second-order valence-electron chi connectivity index (χ2n) is 4.27. The van der Waals surface area contributed by atoms with E-state index in [1.165, 1.54) is 0 Å². The molecule has 0 radical (unpaired) electrons. The van der Waals surface area contributed by atoms with E-state index in [1.807, 2.05) is 0 Å². The second kappa shape index (κ2) is 6.45. The van der Waals surface area contributed by atoms with Crippen molar-refractivity contribution in [3.8, 4) is 5.75 Å². The summed E-state index contributed by atoms with van der Waals surface area (Å²) in [7, 11) is 0. The summed E-state index contributed by atoms with van der Waals surface area (Å²) in [6.07, 6.45) is 1.06. The minimum Gasteiger partial charge on any atom is -0.479 e.